The number of carbonyl (C=O) groups is 2. The van der Waals surface area contributed by atoms with Crippen LogP contribution in [0.15, 0.2) is 42.5 Å². The van der Waals surface area contributed by atoms with Crippen molar-refractivity contribution in [3.05, 3.63) is 42.5 Å². The lowest BCUT2D eigenvalue weighted by Crippen LogP contribution is -2.49. The van der Waals surface area contributed by atoms with E-state index in [-0.39, 0.29) is 31.1 Å². The number of likely N-dealkylation sites (tertiary alicyclic amines) is 1. The number of hydrogen-bond acceptors (Lipinski definition) is 6. The molecular formula is C22H22N2O6. The molecule has 1 N–H and O–H groups in total. The van der Waals surface area contributed by atoms with E-state index in [2.05, 4.69) is 5.32 Å². The van der Waals surface area contributed by atoms with Gasteiger partial charge >= 0.3 is 0 Å². The van der Waals surface area contributed by atoms with Crippen LogP contribution in [-0.2, 0) is 9.59 Å². The molecule has 1 atom stereocenters. The lowest BCUT2D eigenvalue weighted by Gasteiger charge is -2.35. The van der Waals surface area contributed by atoms with Crippen LogP contribution in [0, 0.1) is 5.92 Å². The molecule has 0 bridgehead atoms. The first-order valence-electron chi connectivity index (χ1n) is 10.1. The van der Waals surface area contributed by atoms with Crippen molar-refractivity contribution < 1.29 is 28.5 Å². The van der Waals surface area contributed by atoms with Gasteiger partial charge in [-0.15, -0.1) is 0 Å². The predicted molar refractivity (Wildman–Crippen MR) is 107 cm³/mol. The van der Waals surface area contributed by atoms with Crippen LogP contribution in [0.4, 0.5) is 5.69 Å². The number of anilines is 1. The van der Waals surface area contributed by atoms with Crippen molar-refractivity contribution >= 4 is 17.5 Å². The zero-order valence-electron chi connectivity index (χ0n) is 16.3. The van der Waals surface area contributed by atoms with E-state index in [1.807, 2.05) is 18.2 Å². The Morgan fingerprint density at radius 1 is 0.900 bits per heavy atom. The van der Waals surface area contributed by atoms with Crippen molar-refractivity contribution in [1.29, 1.82) is 0 Å². The van der Waals surface area contributed by atoms with Gasteiger partial charge in [-0.3, -0.25) is 9.59 Å². The average molecular weight is 410 g/mol. The zero-order chi connectivity index (χ0) is 20.5. The Hall–Kier alpha value is -3.42. The number of piperidine rings is 1. The van der Waals surface area contributed by atoms with Crippen LogP contribution in [0.3, 0.4) is 0 Å². The first kappa shape index (κ1) is 18.6. The Labute approximate surface area is 173 Å². The van der Waals surface area contributed by atoms with Crippen LogP contribution in [-0.4, -0.2) is 49.3 Å². The molecule has 1 fully saturated rings. The van der Waals surface area contributed by atoms with E-state index in [1.54, 1.807) is 29.2 Å². The number of ether oxygens (including phenoxy) is 4. The fourth-order valence-corrected chi connectivity index (χ4v) is 3.93. The van der Waals surface area contributed by atoms with Crippen LogP contribution in [0.5, 0.6) is 23.0 Å². The number of fused-ring (bicyclic) bond motifs is 2. The van der Waals surface area contributed by atoms with Crippen molar-refractivity contribution in [3.8, 4) is 23.0 Å². The molecule has 0 aromatic heterocycles. The molecule has 2 aromatic rings. The van der Waals surface area contributed by atoms with Crippen LogP contribution >= 0.6 is 0 Å². The number of benzene rings is 2. The van der Waals surface area contributed by atoms with Crippen LogP contribution in [0.2, 0.25) is 0 Å². The molecule has 3 heterocycles. The average Bonchev–Trinajstić information content (AvgIpc) is 3.26. The van der Waals surface area contributed by atoms with E-state index in [0.717, 1.165) is 0 Å². The van der Waals surface area contributed by atoms with Crippen molar-refractivity contribution in [2.45, 2.75) is 18.9 Å². The summed E-state index contributed by atoms with van der Waals surface area (Å²) in [6.07, 6.45) is 0.553. The topological polar surface area (TPSA) is 86.3 Å². The summed E-state index contributed by atoms with van der Waals surface area (Å²) < 4.78 is 22.1. The lowest BCUT2D eigenvalue weighted by molar-refractivity contribution is -0.143. The molecule has 2 amide bonds. The molecule has 1 saturated heterocycles. The van der Waals surface area contributed by atoms with Crippen LogP contribution in [0.25, 0.3) is 0 Å². The van der Waals surface area contributed by atoms with E-state index < -0.39 is 6.10 Å². The molecule has 2 aromatic carbocycles. The van der Waals surface area contributed by atoms with Gasteiger partial charge in [0.15, 0.2) is 23.0 Å². The van der Waals surface area contributed by atoms with Gasteiger partial charge in [-0.2, -0.15) is 0 Å². The predicted octanol–water partition coefficient (Wildman–Crippen LogP) is 2.43. The SMILES string of the molecule is O=C(Nc1ccc2c(c1)OCO2)C1CCN(C(=O)[C@@H]2COc3ccccc3O2)CC1. The zero-order valence-corrected chi connectivity index (χ0v) is 16.3. The van der Waals surface area contributed by atoms with Gasteiger partial charge in [-0.1, -0.05) is 12.1 Å². The standard InChI is InChI=1S/C22H22N2O6/c25-21(23-15-5-6-17-19(11-15)29-13-28-17)14-7-9-24(10-8-14)22(26)20-12-27-16-3-1-2-4-18(16)30-20/h1-6,11,14,20H,7-10,12-13H2,(H,23,25)/t20-/m0/s1. The molecule has 0 spiro atoms. The summed E-state index contributed by atoms with van der Waals surface area (Å²) in [5, 5.41) is 2.94. The number of hydrogen-bond donors (Lipinski definition) is 1. The molecule has 8 heteroatoms. The van der Waals surface area contributed by atoms with E-state index in [0.29, 0.717) is 54.6 Å². The summed E-state index contributed by atoms with van der Waals surface area (Å²) in [5.74, 6) is 2.25. The molecule has 0 unspecified atom stereocenters. The van der Waals surface area contributed by atoms with Crippen molar-refractivity contribution in [3.63, 3.8) is 0 Å². The second-order valence-corrected chi connectivity index (χ2v) is 7.52. The van der Waals surface area contributed by atoms with Crippen molar-refractivity contribution in [1.82, 2.24) is 4.90 Å². The summed E-state index contributed by atoms with van der Waals surface area (Å²) in [6, 6.07) is 12.7. The normalized spacial score (nSPS) is 20.0. The monoisotopic (exact) mass is 410 g/mol. The number of para-hydroxylation sites is 2. The van der Waals surface area contributed by atoms with Gasteiger partial charge in [-0.05, 0) is 37.1 Å². The smallest absolute Gasteiger partial charge is 0.267 e. The Bertz CT molecular complexity index is 970. The molecule has 0 aliphatic carbocycles. The van der Waals surface area contributed by atoms with Gasteiger partial charge < -0.3 is 29.2 Å². The highest BCUT2D eigenvalue weighted by molar-refractivity contribution is 5.93. The van der Waals surface area contributed by atoms with E-state index in [1.165, 1.54) is 0 Å². The first-order valence-corrected chi connectivity index (χ1v) is 10.1. The molecule has 0 saturated carbocycles. The molecule has 156 valence electrons. The molecule has 30 heavy (non-hydrogen) atoms. The van der Waals surface area contributed by atoms with Crippen molar-refractivity contribution in [2.24, 2.45) is 5.92 Å². The molecular weight excluding hydrogens is 388 g/mol. The molecule has 3 aliphatic heterocycles. The fraction of sp³-hybridized carbons (Fsp3) is 0.364. The third-order valence-electron chi connectivity index (χ3n) is 5.60. The number of amides is 2. The molecule has 8 nitrogen and oxygen atoms in total. The Balaban J connectivity index is 1.14. The third-order valence-corrected chi connectivity index (χ3v) is 5.60. The number of rotatable bonds is 3. The van der Waals surface area contributed by atoms with Gasteiger partial charge in [0.1, 0.15) is 6.61 Å². The van der Waals surface area contributed by atoms with Gasteiger partial charge in [0.2, 0.25) is 18.8 Å². The van der Waals surface area contributed by atoms with E-state index >= 15 is 0 Å². The number of nitrogens with zero attached hydrogens (tertiary/aromatic N) is 1. The maximum Gasteiger partial charge on any atom is 0.267 e. The second-order valence-electron chi connectivity index (χ2n) is 7.52. The molecule has 0 radical (unpaired) electrons. The van der Waals surface area contributed by atoms with Gasteiger partial charge in [-0.25, -0.2) is 0 Å². The summed E-state index contributed by atoms with van der Waals surface area (Å²) in [5.41, 5.74) is 0.675. The maximum atomic E-state index is 12.8. The maximum absolute atomic E-state index is 12.8. The number of carbonyl (C=O) groups excluding carboxylic acids is 2. The quantitative estimate of drug-likeness (QED) is 0.837. The summed E-state index contributed by atoms with van der Waals surface area (Å²) in [4.78, 5) is 27.2. The second kappa shape index (κ2) is 7.78. The van der Waals surface area contributed by atoms with E-state index in [9.17, 15) is 9.59 Å². The third kappa shape index (κ3) is 3.60. The van der Waals surface area contributed by atoms with E-state index in [4.69, 9.17) is 18.9 Å². The Morgan fingerprint density at radius 3 is 2.47 bits per heavy atom. The summed E-state index contributed by atoms with van der Waals surface area (Å²) >= 11 is 0. The fourth-order valence-electron chi connectivity index (χ4n) is 3.93. The minimum absolute atomic E-state index is 0.0489. The number of nitrogens with one attached hydrogen (secondary N) is 1. The molecule has 5 rings (SSSR count). The summed E-state index contributed by atoms with van der Waals surface area (Å²) in [6.45, 7) is 1.42. The minimum Gasteiger partial charge on any atom is -0.485 e. The van der Waals surface area contributed by atoms with Crippen molar-refractivity contribution in [2.75, 3.05) is 31.8 Å². The highest BCUT2D eigenvalue weighted by atomic mass is 16.7. The van der Waals surface area contributed by atoms with Crippen LogP contribution < -0.4 is 24.3 Å². The van der Waals surface area contributed by atoms with Gasteiger partial charge in [0.25, 0.3) is 5.91 Å². The largest absolute Gasteiger partial charge is 0.485 e. The van der Waals surface area contributed by atoms with Gasteiger partial charge in [0, 0.05) is 30.8 Å². The highest BCUT2D eigenvalue weighted by Gasteiger charge is 2.34. The highest BCUT2D eigenvalue weighted by Crippen LogP contribution is 2.35. The molecule has 3 aliphatic rings. The summed E-state index contributed by atoms with van der Waals surface area (Å²) in [7, 11) is 0. The Kier molecular flexibility index (Phi) is 4.82. The first-order chi connectivity index (χ1) is 14.7. The minimum atomic E-state index is -0.654. The van der Waals surface area contributed by atoms with Crippen LogP contribution in [0.1, 0.15) is 12.8 Å². The van der Waals surface area contributed by atoms with Gasteiger partial charge in [0.05, 0.1) is 0 Å². The Morgan fingerprint density at radius 2 is 1.63 bits per heavy atom. The lowest BCUT2D eigenvalue weighted by atomic mass is 9.95.